The zero-order valence-electron chi connectivity index (χ0n) is 23.8. The molecule has 2 aliphatic heterocycles. The fraction of sp³-hybridized carbons (Fsp3) is 0.188. The van der Waals surface area contributed by atoms with E-state index in [0.717, 1.165) is 21.2 Å². The standard InChI is InChI=1S/C32H28N4O5S2/c1-4-41-26(37)18-23-27(29(38)36(33-23)21-13-9-6-10-14-21)31-35(19-20-11-7-5-8-12-20)30(39)28(43-31)32-34(2)24-17-22(40-3)15-16-25(24)42-32/h5-17H,4,18-19H2,1-3H3/b31-27?,32-28-. The number of carbonyl (C=O) groups is 2. The van der Waals surface area contributed by atoms with E-state index in [1.165, 1.54) is 28.1 Å². The Morgan fingerprint density at radius 1 is 0.977 bits per heavy atom. The molecular weight excluding hydrogens is 585 g/mol. The average molecular weight is 613 g/mol. The number of ether oxygens (including phenoxy) is 2. The molecule has 218 valence electrons. The molecule has 6 rings (SSSR count). The number of benzene rings is 3. The summed E-state index contributed by atoms with van der Waals surface area (Å²) >= 11 is 2.72. The maximum Gasteiger partial charge on any atom is 0.311 e. The molecule has 9 nitrogen and oxygen atoms in total. The zero-order chi connectivity index (χ0) is 30.1. The lowest BCUT2D eigenvalue weighted by atomic mass is 10.1. The van der Waals surface area contributed by atoms with Gasteiger partial charge in [0.2, 0.25) is 0 Å². The van der Waals surface area contributed by atoms with Crippen LogP contribution >= 0.6 is 23.1 Å². The first kappa shape index (κ1) is 28.5. The Labute approximate surface area is 256 Å². The van der Waals surface area contributed by atoms with Crippen LogP contribution in [0.2, 0.25) is 0 Å². The second kappa shape index (κ2) is 11.9. The van der Waals surface area contributed by atoms with Gasteiger partial charge in [-0.3, -0.25) is 19.0 Å². The number of methoxy groups -OCH3 is 1. The summed E-state index contributed by atoms with van der Waals surface area (Å²) in [6.07, 6.45) is -0.207. The third-order valence-corrected chi connectivity index (χ3v) is 9.60. The van der Waals surface area contributed by atoms with Gasteiger partial charge in [-0.2, -0.15) is 10.1 Å². The Morgan fingerprint density at radius 3 is 2.40 bits per heavy atom. The average Bonchev–Trinajstić information content (AvgIpc) is 3.63. The highest BCUT2D eigenvalue weighted by atomic mass is 32.2. The Morgan fingerprint density at radius 2 is 1.70 bits per heavy atom. The van der Waals surface area contributed by atoms with E-state index >= 15 is 0 Å². The normalized spacial score (nSPS) is 16.8. The first-order valence-corrected chi connectivity index (χ1v) is 15.3. The summed E-state index contributed by atoms with van der Waals surface area (Å²) in [5.41, 5.74) is 2.62. The molecule has 0 unspecified atom stereocenters. The van der Waals surface area contributed by atoms with Crippen LogP contribution in [0.1, 0.15) is 18.9 Å². The summed E-state index contributed by atoms with van der Waals surface area (Å²) in [7, 11) is 3.53. The van der Waals surface area contributed by atoms with E-state index < -0.39 is 11.9 Å². The number of hydrazone groups is 1. The Bertz CT molecular complexity index is 1930. The first-order chi connectivity index (χ1) is 20.9. The largest absolute Gasteiger partial charge is 0.497 e. The number of nitrogens with zero attached hydrogens (tertiary/aromatic N) is 4. The van der Waals surface area contributed by atoms with Crippen molar-refractivity contribution in [3.63, 3.8) is 0 Å². The smallest absolute Gasteiger partial charge is 0.311 e. The summed E-state index contributed by atoms with van der Waals surface area (Å²) in [5.74, 6) is -0.195. The summed E-state index contributed by atoms with van der Waals surface area (Å²) in [6, 6.07) is 24.4. The quantitative estimate of drug-likeness (QED) is 0.294. The number of anilines is 2. The van der Waals surface area contributed by atoms with Gasteiger partial charge in [0, 0.05) is 18.0 Å². The molecule has 4 aromatic rings. The second-order valence-electron chi connectivity index (χ2n) is 9.77. The molecule has 0 bridgehead atoms. The lowest BCUT2D eigenvalue weighted by Crippen LogP contribution is -2.36. The number of carbonyl (C=O) groups excluding carboxylic acids is 2. The lowest BCUT2D eigenvalue weighted by molar-refractivity contribution is -0.141. The van der Waals surface area contributed by atoms with Crippen molar-refractivity contribution < 1.29 is 19.1 Å². The number of thioether (sulfide) groups is 1. The molecule has 43 heavy (non-hydrogen) atoms. The molecular formula is C32H28N4O5S2. The number of hydrogen-bond acceptors (Lipinski definition) is 9. The van der Waals surface area contributed by atoms with E-state index in [0.29, 0.717) is 20.6 Å². The number of hydrogen-bond donors (Lipinski definition) is 0. The molecule has 3 aromatic carbocycles. The Balaban J connectivity index is 1.60. The number of para-hydroxylation sites is 1. The number of esters is 1. The van der Waals surface area contributed by atoms with Crippen molar-refractivity contribution >= 4 is 62.7 Å². The third kappa shape index (κ3) is 5.37. The monoisotopic (exact) mass is 612 g/mol. The summed E-state index contributed by atoms with van der Waals surface area (Å²) in [5, 5.41) is 6.62. The van der Waals surface area contributed by atoms with Crippen molar-refractivity contribution in [2.24, 2.45) is 5.10 Å². The van der Waals surface area contributed by atoms with Crippen molar-refractivity contribution in [2.75, 3.05) is 30.7 Å². The van der Waals surface area contributed by atoms with E-state index in [1.807, 2.05) is 78.7 Å². The van der Waals surface area contributed by atoms with Gasteiger partial charge in [-0.05, 0) is 36.8 Å². The van der Waals surface area contributed by atoms with Crippen LogP contribution in [0.4, 0.5) is 11.4 Å². The van der Waals surface area contributed by atoms with Gasteiger partial charge in [0.05, 0.1) is 49.3 Å². The molecule has 0 N–H and O–H groups in total. The molecule has 0 aliphatic carbocycles. The highest BCUT2D eigenvalue weighted by Crippen LogP contribution is 2.46. The molecule has 0 spiro atoms. The maximum atomic E-state index is 14.3. The summed E-state index contributed by atoms with van der Waals surface area (Å²) < 4.78 is 13.2. The second-order valence-corrected chi connectivity index (χ2v) is 11.8. The Kier molecular flexibility index (Phi) is 7.92. The van der Waals surface area contributed by atoms with E-state index in [1.54, 1.807) is 30.7 Å². The van der Waals surface area contributed by atoms with E-state index in [4.69, 9.17) is 9.47 Å². The number of aromatic nitrogens is 1. The summed E-state index contributed by atoms with van der Waals surface area (Å²) in [4.78, 5) is 44.0. The van der Waals surface area contributed by atoms with Crippen LogP contribution in [0, 0.1) is 0 Å². The molecule has 0 radical (unpaired) electrons. The fourth-order valence-corrected chi connectivity index (χ4v) is 7.46. The van der Waals surface area contributed by atoms with Crippen molar-refractivity contribution in [1.29, 1.82) is 0 Å². The van der Waals surface area contributed by atoms with Crippen LogP contribution in [-0.2, 0) is 20.9 Å². The fourth-order valence-electron chi connectivity index (χ4n) is 4.97. The number of thiazole rings is 1. The van der Waals surface area contributed by atoms with Gasteiger partial charge in [0.1, 0.15) is 20.0 Å². The molecule has 1 amide bonds. The van der Waals surface area contributed by atoms with Crippen LogP contribution in [0.15, 0.2) is 93.7 Å². The van der Waals surface area contributed by atoms with Crippen molar-refractivity contribution in [3.8, 4) is 5.75 Å². The first-order valence-electron chi connectivity index (χ1n) is 13.6. The molecule has 1 aromatic heterocycles. The number of fused-ring (bicyclic) bond motifs is 1. The molecule has 11 heteroatoms. The van der Waals surface area contributed by atoms with E-state index in [-0.39, 0.29) is 36.4 Å². The SMILES string of the molecule is CCOC(=O)CC1=NN(c2ccccc2)C(=O)C1=c1s/c(=C2\Sc3ccc(OC)cc3N2C)c(=O)n1Cc1ccccc1. The van der Waals surface area contributed by atoms with Gasteiger partial charge in [-0.25, -0.2) is 0 Å². The van der Waals surface area contributed by atoms with Crippen LogP contribution < -0.4 is 29.4 Å². The lowest BCUT2D eigenvalue weighted by Gasteiger charge is -2.13. The predicted molar refractivity (Wildman–Crippen MR) is 170 cm³/mol. The minimum atomic E-state index is -0.500. The molecule has 0 saturated carbocycles. The molecule has 3 heterocycles. The van der Waals surface area contributed by atoms with Crippen molar-refractivity contribution in [1.82, 2.24) is 4.57 Å². The number of rotatable bonds is 7. The van der Waals surface area contributed by atoms with Crippen LogP contribution in [0.25, 0.3) is 10.6 Å². The molecule has 2 aliphatic rings. The van der Waals surface area contributed by atoms with E-state index in [9.17, 15) is 14.4 Å². The number of amides is 1. The van der Waals surface area contributed by atoms with Gasteiger partial charge >= 0.3 is 5.97 Å². The Hall–Kier alpha value is -4.61. The predicted octanol–water partition coefficient (Wildman–Crippen LogP) is 3.78. The topological polar surface area (TPSA) is 93.4 Å². The highest BCUT2D eigenvalue weighted by molar-refractivity contribution is 8.08. The zero-order valence-corrected chi connectivity index (χ0v) is 25.4. The van der Waals surface area contributed by atoms with Gasteiger partial charge < -0.3 is 14.4 Å². The van der Waals surface area contributed by atoms with Crippen molar-refractivity contribution in [2.45, 2.75) is 24.8 Å². The van der Waals surface area contributed by atoms with Crippen LogP contribution in [-0.4, -0.2) is 42.9 Å². The minimum Gasteiger partial charge on any atom is -0.497 e. The van der Waals surface area contributed by atoms with Crippen molar-refractivity contribution in [3.05, 3.63) is 104 Å². The maximum absolute atomic E-state index is 14.3. The molecule has 0 fully saturated rings. The third-order valence-electron chi connectivity index (χ3n) is 7.05. The van der Waals surface area contributed by atoms with Gasteiger partial charge in [-0.15, -0.1) is 11.3 Å². The molecule has 0 atom stereocenters. The minimum absolute atomic E-state index is 0.201. The van der Waals surface area contributed by atoms with Gasteiger partial charge in [0.15, 0.2) is 0 Å². The molecule has 0 saturated heterocycles. The van der Waals surface area contributed by atoms with E-state index in [2.05, 4.69) is 5.10 Å². The van der Waals surface area contributed by atoms with Crippen LogP contribution in [0.3, 0.4) is 0 Å². The van der Waals surface area contributed by atoms with Gasteiger partial charge in [-0.1, -0.05) is 60.3 Å². The summed E-state index contributed by atoms with van der Waals surface area (Å²) in [6.45, 7) is 2.17. The van der Waals surface area contributed by atoms with Crippen LogP contribution in [0.5, 0.6) is 5.75 Å². The van der Waals surface area contributed by atoms with Gasteiger partial charge in [0.25, 0.3) is 11.5 Å². The highest BCUT2D eigenvalue weighted by Gasteiger charge is 2.35.